The number of amides is 2. The summed E-state index contributed by atoms with van der Waals surface area (Å²) >= 11 is 0. The van der Waals surface area contributed by atoms with Crippen LogP contribution in [0.5, 0.6) is 0 Å². The normalized spacial score (nSPS) is 14.1. The number of carboxylic acid groups (broad SMARTS) is 1. The summed E-state index contributed by atoms with van der Waals surface area (Å²) in [6.07, 6.45) is 1.01. The molecule has 3 rings (SSSR count). The number of aliphatic hydroxyl groups is 1. The number of carboxylic acids is 1. The maximum Gasteiger partial charge on any atom is 0.407 e. The van der Waals surface area contributed by atoms with Crippen LogP contribution in [0.3, 0.4) is 0 Å². The van der Waals surface area contributed by atoms with Gasteiger partial charge >= 0.3 is 12.1 Å². The summed E-state index contributed by atoms with van der Waals surface area (Å²) in [5.74, 6) is -2.13. The van der Waals surface area contributed by atoms with Crippen molar-refractivity contribution in [2.24, 2.45) is 0 Å². The fourth-order valence-corrected chi connectivity index (χ4v) is 3.92. The highest BCUT2D eigenvalue weighted by Gasteiger charge is 2.30. The monoisotopic (exact) mass is 440 g/mol. The number of nitrogens with one attached hydrogen (secondary N) is 2. The second kappa shape index (κ2) is 10.8. The Balaban J connectivity index is 1.65. The number of carbonyl (C=O) groups excluding carboxylic acids is 2. The van der Waals surface area contributed by atoms with Crippen molar-refractivity contribution in [1.29, 1.82) is 0 Å². The average Bonchev–Trinajstić information content (AvgIpc) is 3.12. The molecule has 2 amide bonds. The molecule has 2 aromatic carbocycles. The maximum atomic E-state index is 12.5. The number of aliphatic hydroxyl groups excluding tert-OH is 1. The van der Waals surface area contributed by atoms with E-state index in [1.54, 1.807) is 0 Å². The van der Waals surface area contributed by atoms with Gasteiger partial charge in [0.2, 0.25) is 5.91 Å². The Morgan fingerprint density at radius 3 is 2.09 bits per heavy atom. The summed E-state index contributed by atoms with van der Waals surface area (Å²) in [5, 5.41) is 23.0. The van der Waals surface area contributed by atoms with Gasteiger partial charge in [-0.2, -0.15) is 0 Å². The quantitative estimate of drug-likeness (QED) is 0.450. The third kappa shape index (κ3) is 5.26. The van der Waals surface area contributed by atoms with Crippen molar-refractivity contribution in [1.82, 2.24) is 10.6 Å². The lowest BCUT2D eigenvalue weighted by Crippen LogP contribution is -2.52. The molecule has 8 nitrogen and oxygen atoms in total. The van der Waals surface area contributed by atoms with E-state index in [2.05, 4.69) is 10.6 Å². The molecule has 2 atom stereocenters. The van der Waals surface area contributed by atoms with Gasteiger partial charge in [0.1, 0.15) is 18.7 Å². The lowest BCUT2D eigenvalue weighted by molar-refractivity contribution is -0.143. The highest BCUT2D eigenvalue weighted by molar-refractivity contribution is 5.89. The number of fused-ring (bicyclic) bond motifs is 3. The molecule has 8 heteroatoms. The summed E-state index contributed by atoms with van der Waals surface area (Å²) in [6, 6.07) is 13.6. The summed E-state index contributed by atoms with van der Waals surface area (Å²) in [7, 11) is 0. The molecule has 1 aliphatic carbocycles. The number of hydrogen-bond donors (Lipinski definition) is 4. The Kier molecular flexibility index (Phi) is 7.83. The number of unbranched alkanes of at least 4 members (excludes halogenated alkanes) is 1. The zero-order valence-corrected chi connectivity index (χ0v) is 17.9. The van der Waals surface area contributed by atoms with Gasteiger partial charge in [-0.1, -0.05) is 68.3 Å². The summed E-state index contributed by atoms with van der Waals surface area (Å²) in [6.45, 7) is 1.30. The van der Waals surface area contributed by atoms with Crippen molar-refractivity contribution >= 4 is 18.0 Å². The van der Waals surface area contributed by atoms with Crippen LogP contribution in [0.1, 0.15) is 43.2 Å². The van der Waals surface area contributed by atoms with Gasteiger partial charge in [0.15, 0.2) is 0 Å². The molecule has 0 unspecified atom stereocenters. The first kappa shape index (κ1) is 23.3. The molecule has 0 aliphatic heterocycles. The smallest absolute Gasteiger partial charge is 0.407 e. The van der Waals surface area contributed by atoms with E-state index in [1.165, 1.54) is 0 Å². The molecule has 0 aromatic heterocycles. The van der Waals surface area contributed by atoms with Crippen LogP contribution in [0, 0.1) is 0 Å². The van der Waals surface area contributed by atoms with E-state index in [0.29, 0.717) is 12.8 Å². The van der Waals surface area contributed by atoms with Crippen LogP contribution in [-0.4, -0.2) is 53.5 Å². The largest absolute Gasteiger partial charge is 0.480 e. The Bertz CT molecular complexity index is 931. The molecule has 0 fully saturated rings. The number of hydrogen-bond acceptors (Lipinski definition) is 5. The van der Waals surface area contributed by atoms with Crippen LogP contribution in [0.25, 0.3) is 11.1 Å². The molecule has 0 saturated carbocycles. The Hall–Kier alpha value is -3.39. The molecule has 4 N–H and O–H groups in total. The highest BCUT2D eigenvalue weighted by atomic mass is 16.5. The summed E-state index contributed by atoms with van der Waals surface area (Å²) in [5.41, 5.74) is 4.38. The minimum Gasteiger partial charge on any atom is -0.480 e. The zero-order valence-electron chi connectivity index (χ0n) is 17.9. The topological polar surface area (TPSA) is 125 Å². The Morgan fingerprint density at radius 1 is 0.969 bits per heavy atom. The van der Waals surface area contributed by atoms with Crippen LogP contribution in [0.4, 0.5) is 4.79 Å². The zero-order chi connectivity index (χ0) is 23.1. The number of carbonyl (C=O) groups is 3. The maximum absolute atomic E-state index is 12.5. The molecule has 2 aromatic rings. The van der Waals surface area contributed by atoms with E-state index in [9.17, 15) is 14.4 Å². The fraction of sp³-hybridized carbons (Fsp3) is 0.375. The van der Waals surface area contributed by atoms with Crippen LogP contribution in [-0.2, 0) is 14.3 Å². The van der Waals surface area contributed by atoms with Crippen molar-refractivity contribution < 1.29 is 29.3 Å². The summed E-state index contributed by atoms with van der Waals surface area (Å²) in [4.78, 5) is 36.1. The molecular formula is C24H28N2O6. The van der Waals surface area contributed by atoms with Crippen molar-refractivity contribution in [2.45, 2.75) is 44.2 Å². The van der Waals surface area contributed by atoms with Crippen LogP contribution >= 0.6 is 0 Å². The molecule has 0 radical (unpaired) electrons. The van der Waals surface area contributed by atoms with E-state index in [1.807, 2.05) is 55.5 Å². The molecule has 170 valence electrons. The van der Waals surface area contributed by atoms with Crippen LogP contribution in [0.15, 0.2) is 48.5 Å². The molecule has 0 spiro atoms. The van der Waals surface area contributed by atoms with Gasteiger partial charge in [0, 0.05) is 5.92 Å². The first-order valence-electron chi connectivity index (χ1n) is 10.7. The van der Waals surface area contributed by atoms with Gasteiger partial charge in [-0.3, -0.25) is 4.79 Å². The van der Waals surface area contributed by atoms with Crippen molar-refractivity contribution in [2.75, 3.05) is 13.2 Å². The van der Waals surface area contributed by atoms with Crippen molar-refractivity contribution in [3.63, 3.8) is 0 Å². The van der Waals surface area contributed by atoms with Crippen molar-refractivity contribution in [3.8, 4) is 11.1 Å². The van der Waals surface area contributed by atoms with Crippen molar-refractivity contribution in [3.05, 3.63) is 59.7 Å². The predicted octanol–water partition coefficient (Wildman–Crippen LogP) is 2.65. The van der Waals surface area contributed by atoms with Crippen LogP contribution in [0.2, 0.25) is 0 Å². The van der Waals surface area contributed by atoms with E-state index >= 15 is 0 Å². The number of rotatable bonds is 10. The van der Waals surface area contributed by atoms with Gasteiger partial charge in [-0.05, 0) is 28.7 Å². The average molecular weight is 440 g/mol. The van der Waals surface area contributed by atoms with Gasteiger partial charge in [-0.25, -0.2) is 9.59 Å². The molecular weight excluding hydrogens is 412 g/mol. The second-order valence-electron chi connectivity index (χ2n) is 7.75. The predicted molar refractivity (Wildman–Crippen MR) is 118 cm³/mol. The highest BCUT2D eigenvalue weighted by Crippen LogP contribution is 2.44. The standard InChI is InChI=1S/C24H28N2O6/c1-2-3-12-20(22(28)25-21(13-27)23(29)30)26-24(31)32-14-19-17-10-6-4-8-15(17)16-9-5-7-11-18(16)19/h4-11,19-21,27H,2-3,12-14H2,1H3,(H,25,28)(H,26,31)(H,29,30)/t20-,21+/m0/s1. The first-order chi connectivity index (χ1) is 15.5. The fourth-order valence-electron chi connectivity index (χ4n) is 3.92. The third-order valence-electron chi connectivity index (χ3n) is 5.60. The third-order valence-corrected chi connectivity index (χ3v) is 5.60. The number of ether oxygens (including phenoxy) is 1. The minimum absolute atomic E-state index is 0.108. The Morgan fingerprint density at radius 2 is 1.56 bits per heavy atom. The van der Waals surface area contributed by atoms with Crippen LogP contribution < -0.4 is 10.6 Å². The molecule has 0 heterocycles. The lowest BCUT2D eigenvalue weighted by atomic mass is 9.98. The van der Waals surface area contributed by atoms with Gasteiger partial charge in [-0.15, -0.1) is 0 Å². The number of benzene rings is 2. The van der Waals surface area contributed by atoms with E-state index in [-0.39, 0.29) is 12.5 Å². The van der Waals surface area contributed by atoms with E-state index in [4.69, 9.17) is 14.9 Å². The number of alkyl carbamates (subject to hydrolysis) is 1. The SMILES string of the molecule is CCCC[C@H](NC(=O)OCC1c2ccccc2-c2ccccc21)C(=O)N[C@H](CO)C(=O)O. The van der Waals surface area contributed by atoms with Gasteiger partial charge in [0.05, 0.1) is 6.61 Å². The van der Waals surface area contributed by atoms with E-state index in [0.717, 1.165) is 28.7 Å². The molecule has 0 bridgehead atoms. The van der Waals surface area contributed by atoms with Gasteiger partial charge in [0.25, 0.3) is 0 Å². The van der Waals surface area contributed by atoms with E-state index < -0.39 is 36.7 Å². The molecule has 1 aliphatic rings. The summed E-state index contributed by atoms with van der Waals surface area (Å²) < 4.78 is 5.48. The minimum atomic E-state index is -1.43. The second-order valence-corrected chi connectivity index (χ2v) is 7.75. The lowest BCUT2D eigenvalue weighted by Gasteiger charge is -2.21. The first-order valence-corrected chi connectivity index (χ1v) is 10.7. The number of aliphatic carboxylic acids is 1. The molecule has 0 saturated heterocycles. The Labute approximate surface area is 186 Å². The molecule has 32 heavy (non-hydrogen) atoms. The van der Waals surface area contributed by atoms with Gasteiger partial charge < -0.3 is 25.6 Å².